The molecular formula is C10H9Br2ClN2O. The van der Waals surface area contributed by atoms with Crippen molar-refractivity contribution < 1.29 is 4.79 Å². The summed E-state index contributed by atoms with van der Waals surface area (Å²) in [5.41, 5.74) is 7.17. The van der Waals surface area contributed by atoms with Gasteiger partial charge >= 0.3 is 0 Å². The van der Waals surface area contributed by atoms with Crippen LogP contribution in [-0.4, -0.2) is 17.8 Å². The van der Waals surface area contributed by atoms with Gasteiger partial charge in [-0.2, -0.15) is 0 Å². The molecule has 1 aliphatic heterocycles. The number of alkyl halides is 1. The fraction of sp³-hybridized carbons (Fsp3) is 0.300. The van der Waals surface area contributed by atoms with E-state index in [4.69, 9.17) is 17.3 Å². The van der Waals surface area contributed by atoms with Crippen molar-refractivity contribution in [1.82, 2.24) is 0 Å². The van der Waals surface area contributed by atoms with Gasteiger partial charge in [0.2, 0.25) is 5.91 Å². The predicted molar refractivity (Wildman–Crippen MR) is 72.9 cm³/mol. The molecular weight excluding hydrogens is 359 g/mol. The van der Waals surface area contributed by atoms with Gasteiger partial charge in [-0.1, -0.05) is 0 Å². The molecule has 1 saturated heterocycles. The number of nitrogen functional groups attached to an aromatic ring is 1. The van der Waals surface area contributed by atoms with Crippen LogP contribution < -0.4 is 10.6 Å². The van der Waals surface area contributed by atoms with Crippen molar-refractivity contribution in [3.63, 3.8) is 0 Å². The largest absolute Gasteiger partial charge is 0.397 e. The third kappa shape index (κ3) is 2.21. The lowest BCUT2D eigenvalue weighted by molar-refractivity contribution is -0.117. The Kier molecular flexibility index (Phi) is 3.47. The van der Waals surface area contributed by atoms with Crippen LogP contribution in [0.15, 0.2) is 21.1 Å². The van der Waals surface area contributed by atoms with Crippen LogP contribution in [0.25, 0.3) is 0 Å². The number of halogens is 3. The standard InChI is InChI=1S/C10H9Br2ClN2O/c11-6-2-8(14)9(3-7(6)12)15-4-5(13)1-10(15)16/h2-3,5H,1,4,14H2. The van der Waals surface area contributed by atoms with E-state index < -0.39 is 0 Å². The first-order valence-corrected chi connectivity index (χ1v) is 6.70. The number of carbonyl (C=O) groups is 1. The van der Waals surface area contributed by atoms with Crippen LogP contribution in [-0.2, 0) is 4.79 Å². The highest BCUT2D eigenvalue weighted by atomic mass is 79.9. The molecule has 1 aromatic carbocycles. The molecule has 0 spiro atoms. The number of benzene rings is 1. The molecule has 1 aromatic rings. The van der Waals surface area contributed by atoms with Crippen LogP contribution in [0.1, 0.15) is 6.42 Å². The van der Waals surface area contributed by atoms with Gasteiger partial charge in [-0.15, -0.1) is 11.6 Å². The van der Waals surface area contributed by atoms with Gasteiger partial charge < -0.3 is 10.6 Å². The van der Waals surface area contributed by atoms with Crippen LogP contribution in [0.2, 0.25) is 0 Å². The molecule has 1 atom stereocenters. The number of nitrogens with two attached hydrogens (primary N) is 1. The molecule has 1 amide bonds. The first-order chi connectivity index (χ1) is 7.49. The zero-order valence-electron chi connectivity index (χ0n) is 8.21. The molecule has 1 fully saturated rings. The van der Waals surface area contributed by atoms with E-state index in [1.807, 2.05) is 6.07 Å². The average Bonchev–Trinajstić information content (AvgIpc) is 2.51. The van der Waals surface area contributed by atoms with Crippen molar-refractivity contribution in [2.75, 3.05) is 17.2 Å². The normalized spacial score (nSPS) is 20.6. The smallest absolute Gasteiger partial charge is 0.228 e. The van der Waals surface area contributed by atoms with Crippen molar-refractivity contribution in [3.8, 4) is 0 Å². The van der Waals surface area contributed by atoms with Crippen LogP contribution >= 0.6 is 43.5 Å². The van der Waals surface area contributed by atoms with Crippen LogP contribution in [0.3, 0.4) is 0 Å². The summed E-state index contributed by atoms with van der Waals surface area (Å²) in [7, 11) is 0. The van der Waals surface area contributed by atoms with Gasteiger partial charge in [0.15, 0.2) is 0 Å². The van der Waals surface area contributed by atoms with Gasteiger partial charge in [-0.3, -0.25) is 4.79 Å². The highest BCUT2D eigenvalue weighted by Crippen LogP contribution is 2.35. The molecule has 0 aromatic heterocycles. The summed E-state index contributed by atoms with van der Waals surface area (Å²) in [5.74, 6) is 0.0147. The third-order valence-electron chi connectivity index (χ3n) is 2.44. The Balaban J connectivity index is 2.41. The van der Waals surface area contributed by atoms with E-state index >= 15 is 0 Å². The third-order valence-corrected chi connectivity index (χ3v) is 4.57. The Labute approximate surface area is 115 Å². The Morgan fingerprint density at radius 2 is 2.00 bits per heavy atom. The maximum absolute atomic E-state index is 11.7. The Morgan fingerprint density at radius 1 is 1.38 bits per heavy atom. The molecule has 0 saturated carbocycles. The quantitative estimate of drug-likeness (QED) is 0.611. The average molecular weight is 368 g/mol. The summed E-state index contributed by atoms with van der Waals surface area (Å²) >= 11 is 12.7. The minimum absolute atomic E-state index is 0.0147. The van der Waals surface area contributed by atoms with Gasteiger partial charge in [-0.05, 0) is 44.0 Å². The van der Waals surface area contributed by atoms with E-state index in [2.05, 4.69) is 31.9 Å². The molecule has 1 aliphatic rings. The number of amides is 1. The minimum atomic E-state index is -0.130. The molecule has 3 nitrogen and oxygen atoms in total. The van der Waals surface area contributed by atoms with Gasteiger partial charge in [-0.25, -0.2) is 0 Å². The second-order valence-electron chi connectivity index (χ2n) is 3.63. The molecule has 86 valence electrons. The lowest BCUT2D eigenvalue weighted by Gasteiger charge is -2.18. The van der Waals surface area contributed by atoms with E-state index in [1.54, 1.807) is 11.0 Å². The monoisotopic (exact) mass is 366 g/mol. The van der Waals surface area contributed by atoms with E-state index in [0.29, 0.717) is 24.3 Å². The van der Waals surface area contributed by atoms with Crippen molar-refractivity contribution in [1.29, 1.82) is 0 Å². The predicted octanol–water partition coefficient (Wildman–Crippen LogP) is 3.14. The fourth-order valence-corrected chi connectivity index (χ4v) is 2.64. The summed E-state index contributed by atoms with van der Waals surface area (Å²) in [5, 5.41) is -0.130. The fourth-order valence-electron chi connectivity index (χ4n) is 1.68. The van der Waals surface area contributed by atoms with E-state index in [1.165, 1.54) is 0 Å². The number of nitrogens with zero attached hydrogens (tertiary/aromatic N) is 1. The van der Waals surface area contributed by atoms with Gasteiger partial charge in [0.05, 0.1) is 16.8 Å². The number of rotatable bonds is 1. The van der Waals surface area contributed by atoms with Crippen LogP contribution in [0, 0.1) is 0 Å². The zero-order valence-corrected chi connectivity index (χ0v) is 12.1. The number of hydrogen-bond donors (Lipinski definition) is 1. The molecule has 6 heteroatoms. The topological polar surface area (TPSA) is 46.3 Å². The lowest BCUT2D eigenvalue weighted by Crippen LogP contribution is -2.25. The molecule has 2 rings (SSSR count). The minimum Gasteiger partial charge on any atom is -0.397 e. The summed E-state index contributed by atoms with van der Waals surface area (Å²) in [6, 6.07) is 3.60. The zero-order chi connectivity index (χ0) is 11.9. The second-order valence-corrected chi connectivity index (χ2v) is 5.96. The maximum Gasteiger partial charge on any atom is 0.228 e. The Bertz CT molecular complexity index is 453. The van der Waals surface area contributed by atoms with E-state index in [9.17, 15) is 4.79 Å². The highest BCUT2D eigenvalue weighted by molar-refractivity contribution is 9.13. The summed E-state index contributed by atoms with van der Waals surface area (Å²) in [6.07, 6.45) is 0.370. The molecule has 1 heterocycles. The number of anilines is 2. The second kappa shape index (κ2) is 4.55. The highest BCUT2D eigenvalue weighted by Gasteiger charge is 2.30. The van der Waals surface area contributed by atoms with Crippen LogP contribution in [0.4, 0.5) is 11.4 Å². The van der Waals surface area contributed by atoms with E-state index in [0.717, 1.165) is 8.95 Å². The SMILES string of the molecule is Nc1cc(Br)c(Br)cc1N1CC(Cl)CC1=O. The van der Waals surface area contributed by atoms with Gasteiger partial charge in [0, 0.05) is 21.9 Å². The lowest BCUT2D eigenvalue weighted by atomic mass is 10.2. The summed E-state index contributed by atoms with van der Waals surface area (Å²) < 4.78 is 1.73. The van der Waals surface area contributed by atoms with Crippen molar-refractivity contribution in [2.24, 2.45) is 0 Å². The molecule has 0 radical (unpaired) electrons. The number of carbonyl (C=O) groups excluding carboxylic acids is 1. The first-order valence-electron chi connectivity index (χ1n) is 4.68. The summed E-state index contributed by atoms with van der Waals surface area (Å²) in [4.78, 5) is 13.3. The molecule has 1 unspecified atom stereocenters. The van der Waals surface area contributed by atoms with Gasteiger partial charge in [0.1, 0.15) is 0 Å². The molecule has 0 bridgehead atoms. The van der Waals surface area contributed by atoms with Crippen molar-refractivity contribution in [3.05, 3.63) is 21.1 Å². The van der Waals surface area contributed by atoms with Gasteiger partial charge in [0.25, 0.3) is 0 Å². The molecule has 2 N–H and O–H groups in total. The maximum atomic E-state index is 11.7. The molecule has 0 aliphatic carbocycles. The number of hydrogen-bond acceptors (Lipinski definition) is 2. The Morgan fingerprint density at radius 3 is 2.56 bits per heavy atom. The van der Waals surface area contributed by atoms with E-state index in [-0.39, 0.29) is 11.3 Å². The van der Waals surface area contributed by atoms with Crippen molar-refractivity contribution in [2.45, 2.75) is 11.8 Å². The molecule has 16 heavy (non-hydrogen) atoms. The van der Waals surface area contributed by atoms with Crippen LogP contribution in [0.5, 0.6) is 0 Å². The first kappa shape index (κ1) is 12.2. The Hall–Kier alpha value is -0.260. The van der Waals surface area contributed by atoms with Crippen molar-refractivity contribution >= 4 is 60.7 Å². The summed E-state index contributed by atoms with van der Waals surface area (Å²) in [6.45, 7) is 0.513.